The molecule has 0 aliphatic heterocycles. The van der Waals surface area contributed by atoms with Crippen LogP contribution in [0, 0.1) is 6.42 Å². The molecule has 1 radical (unpaired) electrons. The minimum absolute atomic E-state index is 1.16. The lowest BCUT2D eigenvalue weighted by molar-refractivity contribution is 0.864. The van der Waals surface area contributed by atoms with Crippen molar-refractivity contribution in [3.63, 3.8) is 0 Å². The molecule has 0 nitrogen and oxygen atoms in total. The average Bonchev–Trinajstić information content (AvgIpc) is 2.05. The molecule has 0 aromatic carbocycles. The fourth-order valence-corrected chi connectivity index (χ4v) is 1.18. The van der Waals surface area contributed by atoms with Crippen molar-refractivity contribution in [3.8, 4) is 0 Å². The molecule has 0 aromatic rings. The molecule has 0 saturated heterocycles. The van der Waals surface area contributed by atoms with Crippen molar-refractivity contribution in [2.24, 2.45) is 0 Å². The van der Waals surface area contributed by atoms with Gasteiger partial charge in [-0.25, -0.2) is 0 Å². The highest BCUT2D eigenvalue weighted by atomic mass is 13.9. The predicted octanol–water partition coefficient (Wildman–Crippen LogP) is 3.82. The summed E-state index contributed by atoms with van der Waals surface area (Å²) in [5, 5.41) is 0. The van der Waals surface area contributed by atoms with E-state index in [-0.39, 0.29) is 0 Å². The Kier molecular flexibility index (Phi) is 5.35. The van der Waals surface area contributed by atoms with Gasteiger partial charge in [-0.3, -0.25) is 0 Å². The third-order valence-electron chi connectivity index (χ3n) is 1.90. The van der Waals surface area contributed by atoms with Gasteiger partial charge in [0.25, 0.3) is 0 Å². The van der Waals surface area contributed by atoms with Crippen LogP contribution in [0.4, 0.5) is 0 Å². The van der Waals surface area contributed by atoms with E-state index in [2.05, 4.69) is 42.9 Å². The van der Waals surface area contributed by atoms with E-state index in [1.807, 2.05) is 0 Å². The zero-order chi connectivity index (χ0) is 8.49. The summed E-state index contributed by atoms with van der Waals surface area (Å²) in [6, 6.07) is 0. The smallest absolute Gasteiger partial charge is 0.0167 e. The maximum Gasteiger partial charge on any atom is -0.0167 e. The molecule has 0 bridgehead atoms. The van der Waals surface area contributed by atoms with Crippen LogP contribution in [0.25, 0.3) is 0 Å². The first-order valence-corrected chi connectivity index (χ1v) is 4.80. The molecule has 0 heteroatoms. The molecule has 65 valence electrons. The van der Waals surface area contributed by atoms with Crippen molar-refractivity contribution >= 4 is 0 Å². The molecule has 0 heterocycles. The summed E-state index contributed by atoms with van der Waals surface area (Å²) in [5.41, 5.74) is 0. The van der Waals surface area contributed by atoms with Crippen LogP contribution in [0.3, 0.4) is 0 Å². The largest absolute Gasteiger partial charge is 0.0882 e. The Bertz CT molecular complexity index is 152. The number of allylic oxidation sites excluding steroid dienone is 6. The third-order valence-corrected chi connectivity index (χ3v) is 1.90. The summed E-state index contributed by atoms with van der Waals surface area (Å²) in [5.74, 6) is 0. The van der Waals surface area contributed by atoms with E-state index in [9.17, 15) is 0 Å². The van der Waals surface area contributed by atoms with Crippen LogP contribution in [0.5, 0.6) is 0 Å². The summed E-state index contributed by atoms with van der Waals surface area (Å²) in [6.07, 6.45) is 21.5. The molecule has 0 amide bonds. The van der Waals surface area contributed by atoms with E-state index in [4.69, 9.17) is 0 Å². The lowest BCUT2D eigenvalue weighted by Gasteiger charge is -1.93. The van der Waals surface area contributed by atoms with Crippen LogP contribution in [-0.4, -0.2) is 0 Å². The second-order valence-corrected chi connectivity index (χ2v) is 3.03. The maximum atomic E-state index is 2.26. The van der Waals surface area contributed by atoms with E-state index in [0.717, 1.165) is 6.42 Å². The Morgan fingerprint density at radius 1 is 0.583 bits per heavy atom. The van der Waals surface area contributed by atoms with E-state index in [1.54, 1.807) is 0 Å². The highest BCUT2D eigenvalue weighted by molar-refractivity contribution is 5.04. The van der Waals surface area contributed by atoms with E-state index in [1.165, 1.54) is 25.7 Å². The van der Waals surface area contributed by atoms with Crippen LogP contribution in [-0.2, 0) is 0 Å². The Hall–Kier alpha value is -0.780. The summed E-state index contributed by atoms with van der Waals surface area (Å²) in [6.45, 7) is 0. The molecular formula is C12H17. The van der Waals surface area contributed by atoms with Gasteiger partial charge in [-0.05, 0) is 38.5 Å². The minimum Gasteiger partial charge on any atom is -0.0882 e. The standard InChI is InChI=1S/C12H17/c1-2-4-6-8-10-12-11-9-7-5-3-1/h1-4,9,11-12H,5-8,10H2/b3-1-,4-2+,12-11-. The Morgan fingerprint density at radius 2 is 1.25 bits per heavy atom. The molecule has 0 atom stereocenters. The van der Waals surface area contributed by atoms with Crippen LogP contribution in [0.1, 0.15) is 32.1 Å². The molecule has 0 unspecified atom stereocenters. The van der Waals surface area contributed by atoms with Crippen LogP contribution in [0.2, 0.25) is 0 Å². The van der Waals surface area contributed by atoms with E-state index in [0.29, 0.717) is 0 Å². The summed E-state index contributed by atoms with van der Waals surface area (Å²) >= 11 is 0. The topological polar surface area (TPSA) is 0 Å². The lowest BCUT2D eigenvalue weighted by Crippen LogP contribution is -1.74. The van der Waals surface area contributed by atoms with Crippen molar-refractivity contribution in [2.45, 2.75) is 32.1 Å². The van der Waals surface area contributed by atoms with Gasteiger partial charge in [0.1, 0.15) is 0 Å². The fourth-order valence-electron chi connectivity index (χ4n) is 1.18. The van der Waals surface area contributed by atoms with Gasteiger partial charge in [-0.2, -0.15) is 0 Å². The van der Waals surface area contributed by atoms with E-state index >= 15 is 0 Å². The molecule has 0 spiro atoms. The molecule has 12 heavy (non-hydrogen) atoms. The first-order valence-electron chi connectivity index (χ1n) is 4.80. The fraction of sp³-hybridized carbons (Fsp3) is 0.417. The monoisotopic (exact) mass is 161 g/mol. The lowest BCUT2D eigenvalue weighted by atomic mass is 10.1. The average molecular weight is 161 g/mol. The first-order chi connectivity index (χ1) is 6.00. The Labute approximate surface area is 75.7 Å². The zero-order valence-corrected chi connectivity index (χ0v) is 7.58. The van der Waals surface area contributed by atoms with Crippen LogP contribution < -0.4 is 0 Å². The molecular weight excluding hydrogens is 144 g/mol. The van der Waals surface area contributed by atoms with Crippen molar-refractivity contribution in [2.75, 3.05) is 0 Å². The van der Waals surface area contributed by atoms with Gasteiger partial charge in [0.05, 0.1) is 0 Å². The minimum atomic E-state index is 1.16. The first kappa shape index (κ1) is 9.31. The predicted molar refractivity (Wildman–Crippen MR) is 54.8 cm³/mol. The molecule has 0 N–H and O–H groups in total. The number of hydrogen-bond donors (Lipinski definition) is 0. The highest BCUT2D eigenvalue weighted by Crippen LogP contribution is 2.03. The van der Waals surface area contributed by atoms with Gasteiger partial charge in [0.15, 0.2) is 0 Å². The number of hydrogen-bond acceptors (Lipinski definition) is 0. The summed E-state index contributed by atoms with van der Waals surface area (Å²) < 4.78 is 0. The third kappa shape index (κ3) is 4.95. The Balaban J connectivity index is 2.30. The molecule has 0 fully saturated rings. The van der Waals surface area contributed by atoms with Crippen LogP contribution in [0.15, 0.2) is 36.5 Å². The molecule has 1 aliphatic rings. The SMILES string of the molecule is [CH]1/C=C\CCC/C=C/C=C\CC1. The van der Waals surface area contributed by atoms with Gasteiger partial charge in [-0.1, -0.05) is 36.5 Å². The van der Waals surface area contributed by atoms with Crippen molar-refractivity contribution in [1.29, 1.82) is 0 Å². The highest BCUT2D eigenvalue weighted by Gasteiger charge is 1.83. The van der Waals surface area contributed by atoms with Gasteiger partial charge in [-0.15, -0.1) is 0 Å². The maximum absolute atomic E-state index is 2.26. The summed E-state index contributed by atoms with van der Waals surface area (Å²) in [7, 11) is 0. The van der Waals surface area contributed by atoms with Crippen molar-refractivity contribution in [1.82, 2.24) is 0 Å². The summed E-state index contributed by atoms with van der Waals surface area (Å²) in [4.78, 5) is 0. The molecule has 1 aliphatic carbocycles. The quantitative estimate of drug-likeness (QED) is 0.506. The van der Waals surface area contributed by atoms with Crippen LogP contribution >= 0.6 is 0 Å². The van der Waals surface area contributed by atoms with Gasteiger partial charge in [0.2, 0.25) is 0 Å². The second-order valence-electron chi connectivity index (χ2n) is 3.03. The number of rotatable bonds is 0. The Morgan fingerprint density at radius 3 is 2.08 bits per heavy atom. The van der Waals surface area contributed by atoms with Crippen molar-refractivity contribution < 1.29 is 0 Å². The zero-order valence-electron chi connectivity index (χ0n) is 7.58. The van der Waals surface area contributed by atoms with Gasteiger partial charge in [0, 0.05) is 0 Å². The molecule has 0 aromatic heterocycles. The van der Waals surface area contributed by atoms with Gasteiger partial charge < -0.3 is 0 Å². The normalized spacial score (nSPS) is 28.0. The van der Waals surface area contributed by atoms with Gasteiger partial charge >= 0.3 is 0 Å². The second kappa shape index (κ2) is 6.90. The molecule has 1 rings (SSSR count). The molecule has 0 saturated carbocycles. The van der Waals surface area contributed by atoms with Crippen molar-refractivity contribution in [3.05, 3.63) is 42.9 Å². The van der Waals surface area contributed by atoms with E-state index < -0.39 is 0 Å².